The van der Waals surface area contributed by atoms with Crippen molar-refractivity contribution in [2.75, 3.05) is 12.3 Å². The number of carbonyl (C=O) groups is 1. The van der Waals surface area contributed by atoms with Crippen LogP contribution >= 0.6 is 0 Å². The first-order valence-corrected chi connectivity index (χ1v) is 9.50. The van der Waals surface area contributed by atoms with Crippen LogP contribution in [0.15, 0.2) is 0 Å². The summed E-state index contributed by atoms with van der Waals surface area (Å²) in [6, 6.07) is 0.695. The molecule has 1 heterocycles. The van der Waals surface area contributed by atoms with Crippen LogP contribution in [0, 0.1) is 0 Å². The third-order valence-electron chi connectivity index (χ3n) is 4.44. The Morgan fingerprint density at radius 2 is 1.70 bits per heavy atom. The van der Waals surface area contributed by atoms with Gasteiger partial charge in [0.25, 0.3) is 0 Å². The molecule has 0 radical (unpaired) electrons. The van der Waals surface area contributed by atoms with Gasteiger partial charge in [-0.1, -0.05) is 13.3 Å². The Hall–Kier alpha value is -0.620. The van der Waals surface area contributed by atoms with Gasteiger partial charge >= 0.3 is 0 Å². The van der Waals surface area contributed by atoms with E-state index in [0.29, 0.717) is 18.9 Å². The van der Waals surface area contributed by atoms with Crippen molar-refractivity contribution in [2.24, 2.45) is 0 Å². The topological polar surface area (TPSA) is 75.3 Å². The van der Waals surface area contributed by atoms with E-state index in [1.807, 2.05) is 0 Å². The maximum Gasteiger partial charge on any atom is 0.238 e. The van der Waals surface area contributed by atoms with Crippen molar-refractivity contribution in [1.29, 1.82) is 0 Å². The molecule has 0 spiro atoms. The molecule has 1 atom stereocenters. The fourth-order valence-corrected chi connectivity index (χ4v) is 5.08. The highest BCUT2D eigenvalue weighted by Crippen LogP contribution is 2.22. The molecule has 1 aliphatic heterocycles. The van der Waals surface area contributed by atoms with E-state index in [0.717, 1.165) is 38.6 Å². The Bertz CT molecular complexity index is 428. The third-order valence-corrected chi connectivity index (χ3v) is 6.61. The smallest absolute Gasteiger partial charge is 0.238 e. The van der Waals surface area contributed by atoms with Gasteiger partial charge in [-0.05, 0) is 45.1 Å². The summed E-state index contributed by atoms with van der Waals surface area (Å²) in [5.74, 6) is -0.102. The number of nitrogens with one attached hydrogen (secondary N) is 2. The van der Waals surface area contributed by atoms with Crippen molar-refractivity contribution in [2.45, 2.75) is 69.2 Å². The lowest BCUT2D eigenvalue weighted by molar-refractivity contribution is -0.121. The van der Waals surface area contributed by atoms with Gasteiger partial charge in [-0.2, -0.15) is 0 Å². The van der Waals surface area contributed by atoms with Crippen LogP contribution in [0.1, 0.15) is 51.9 Å². The lowest BCUT2D eigenvalue weighted by atomic mass is 9.91. The number of amides is 1. The Kier molecular flexibility index (Phi) is 5.43. The maximum atomic E-state index is 12.2. The summed E-state index contributed by atoms with van der Waals surface area (Å²) in [6.45, 7) is 3.07. The first-order chi connectivity index (χ1) is 9.53. The molecule has 0 aromatic rings. The van der Waals surface area contributed by atoms with Crippen molar-refractivity contribution in [3.63, 3.8) is 0 Å². The van der Waals surface area contributed by atoms with E-state index in [1.165, 1.54) is 0 Å². The molecule has 1 saturated heterocycles. The van der Waals surface area contributed by atoms with Gasteiger partial charge in [0, 0.05) is 12.1 Å². The van der Waals surface area contributed by atoms with Crippen LogP contribution < -0.4 is 10.6 Å². The molecule has 5 nitrogen and oxygen atoms in total. The Morgan fingerprint density at radius 3 is 2.30 bits per heavy atom. The van der Waals surface area contributed by atoms with Gasteiger partial charge in [-0.3, -0.25) is 4.79 Å². The zero-order valence-electron chi connectivity index (χ0n) is 12.2. The minimum absolute atomic E-state index is 0.148. The molecular weight excluding hydrogens is 276 g/mol. The monoisotopic (exact) mass is 302 g/mol. The molecule has 0 aromatic heterocycles. The number of hydrogen-bond donors (Lipinski definition) is 2. The molecular formula is C14H26N2O3S. The quantitative estimate of drug-likeness (QED) is 0.812. The van der Waals surface area contributed by atoms with Gasteiger partial charge in [0.2, 0.25) is 5.91 Å². The lowest BCUT2D eigenvalue weighted by Crippen LogP contribution is -2.48. The molecule has 0 aromatic carbocycles. The second-order valence-electron chi connectivity index (χ2n) is 5.97. The van der Waals surface area contributed by atoms with Crippen molar-refractivity contribution in [3.05, 3.63) is 0 Å². The van der Waals surface area contributed by atoms with Crippen LogP contribution in [0.4, 0.5) is 0 Å². The number of sulfone groups is 1. The van der Waals surface area contributed by atoms with Gasteiger partial charge in [0.05, 0.1) is 5.75 Å². The van der Waals surface area contributed by atoms with Gasteiger partial charge in [-0.25, -0.2) is 8.42 Å². The standard InChI is InChI=1S/C14H26N2O3S/c1-2-15-11-6-8-12(9-7-11)16-14(17)13-5-3-4-10-20(13,18)19/h11-13,15H,2-10H2,1H3,(H,16,17). The Labute approximate surface area is 121 Å². The first kappa shape index (κ1) is 15.8. The van der Waals surface area contributed by atoms with Crippen molar-refractivity contribution in [1.82, 2.24) is 10.6 Å². The Balaban J connectivity index is 1.83. The van der Waals surface area contributed by atoms with Crippen LogP contribution in [0.3, 0.4) is 0 Å². The highest BCUT2D eigenvalue weighted by molar-refractivity contribution is 7.92. The summed E-state index contributed by atoms with van der Waals surface area (Å²) in [5.41, 5.74) is 0. The molecule has 6 heteroatoms. The van der Waals surface area contributed by atoms with Crippen LogP contribution in [0.5, 0.6) is 0 Å². The first-order valence-electron chi connectivity index (χ1n) is 7.78. The van der Waals surface area contributed by atoms with Crippen LogP contribution in [-0.4, -0.2) is 44.0 Å². The molecule has 1 unspecified atom stereocenters. The summed E-state index contributed by atoms with van der Waals surface area (Å²) < 4.78 is 23.9. The summed E-state index contributed by atoms with van der Waals surface area (Å²) in [7, 11) is -3.22. The second kappa shape index (κ2) is 6.89. The lowest BCUT2D eigenvalue weighted by Gasteiger charge is -2.31. The van der Waals surface area contributed by atoms with E-state index in [9.17, 15) is 13.2 Å². The average Bonchev–Trinajstić information content (AvgIpc) is 2.40. The van der Waals surface area contributed by atoms with E-state index < -0.39 is 15.1 Å². The van der Waals surface area contributed by atoms with E-state index in [2.05, 4.69) is 17.6 Å². The molecule has 2 N–H and O–H groups in total. The highest BCUT2D eigenvalue weighted by atomic mass is 32.2. The van der Waals surface area contributed by atoms with Crippen LogP contribution in [0.25, 0.3) is 0 Å². The van der Waals surface area contributed by atoms with Gasteiger partial charge in [0.15, 0.2) is 9.84 Å². The van der Waals surface area contributed by atoms with Crippen molar-refractivity contribution in [3.8, 4) is 0 Å². The summed E-state index contributed by atoms with van der Waals surface area (Å²) in [4.78, 5) is 12.2. The highest BCUT2D eigenvalue weighted by Gasteiger charge is 2.36. The van der Waals surface area contributed by atoms with E-state index in [-0.39, 0.29) is 17.7 Å². The number of carbonyl (C=O) groups excluding carboxylic acids is 1. The van der Waals surface area contributed by atoms with Crippen molar-refractivity contribution >= 4 is 15.7 Å². The van der Waals surface area contributed by atoms with E-state index in [4.69, 9.17) is 0 Å². The summed E-state index contributed by atoms with van der Waals surface area (Å²) >= 11 is 0. The van der Waals surface area contributed by atoms with Gasteiger partial charge in [0.1, 0.15) is 5.25 Å². The van der Waals surface area contributed by atoms with Gasteiger partial charge < -0.3 is 10.6 Å². The molecule has 2 rings (SSSR count). The molecule has 1 aliphatic carbocycles. The molecule has 2 aliphatic rings. The number of hydrogen-bond acceptors (Lipinski definition) is 4. The predicted octanol–water partition coefficient (Wildman–Crippen LogP) is 0.991. The van der Waals surface area contributed by atoms with Crippen LogP contribution in [-0.2, 0) is 14.6 Å². The molecule has 20 heavy (non-hydrogen) atoms. The van der Waals surface area contributed by atoms with E-state index in [1.54, 1.807) is 0 Å². The molecule has 1 amide bonds. The van der Waals surface area contributed by atoms with Crippen LogP contribution in [0.2, 0.25) is 0 Å². The predicted molar refractivity (Wildman–Crippen MR) is 79.3 cm³/mol. The minimum Gasteiger partial charge on any atom is -0.352 e. The fraction of sp³-hybridized carbons (Fsp3) is 0.929. The fourth-order valence-electron chi connectivity index (χ4n) is 3.27. The zero-order chi connectivity index (χ0) is 14.6. The number of rotatable bonds is 4. The largest absolute Gasteiger partial charge is 0.352 e. The zero-order valence-corrected chi connectivity index (χ0v) is 13.0. The normalized spacial score (nSPS) is 33.5. The SMILES string of the molecule is CCNC1CCC(NC(=O)C2CCCCS2(=O)=O)CC1. The third kappa shape index (κ3) is 3.95. The molecule has 0 bridgehead atoms. The minimum atomic E-state index is -3.22. The van der Waals surface area contributed by atoms with Gasteiger partial charge in [-0.15, -0.1) is 0 Å². The Morgan fingerprint density at radius 1 is 1.05 bits per heavy atom. The molecule has 116 valence electrons. The molecule has 2 fully saturated rings. The molecule has 1 saturated carbocycles. The summed E-state index contributed by atoms with van der Waals surface area (Å²) in [6.07, 6.45) is 6.00. The van der Waals surface area contributed by atoms with Crippen molar-refractivity contribution < 1.29 is 13.2 Å². The average molecular weight is 302 g/mol. The maximum absolute atomic E-state index is 12.2. The van der Waals surface area contributed by atoms with E-state index >= 15 is 0 Å². The second-order valence-corrected chi connectivity index (χ2v) is 8.27. The summed E-state index contributed by atoms with van der Waals surface area (Å²) in [5, 5.41) is 5.58.